The summed E-state index contributed by atoms with van der Waals surface area (Å²) in [6.45, 7) is 5.13. The van der Waals surface area contributed by atoms with Crippen LogP contribution in [0.5, 0.6) is 0 Å². The van der Waals surface area contributed by atoms with E-state index in [0.717, 1.165) is 34.5 Å². The standard InChI is InChI=1S/C21H20BrN3O/c1-15-13-20(23-19-8-3-2-7-18(15)19)24-9-11-25(12-10-24)21(26)16-5-4-6-17(22)14-16/h2-8,13-14H,9-12H2,1H3. The Labute approximate surface area is 161 Å². The molecule has 1 amide bonds. The Bertz CT molecular complexity index is 964. The first-order valence-electron chi connectivity index (χ1n) is 8.78. The molecule has 2 aromatic carbocycles. The minimum atomic E-state index is 0.0913. The Kier molecular flexibility index (Phi) is 4.64. The summed E-state index contributed by atoms with van der Waals surface area (Å²) in [4.78, 5) is 21.7. The van der Waals surface area contributed by atoms with Crippen LogP contribution in [0.25, 0.3) is 10.9 Å². The molecule has 0 aliphatic carbocycles. The number of nitrogens with zero attached hydrogens (tertiary/aromatic N) is 3. The first-order valence-corrected chi connectivity index (χ1v) is 9.57. The number of hydrogen-bond acceptors (Lipinski definition) is 3. The maximum atomic E-state index is 12.7. The monoisotopic (exact) mass is 409 g/mol. The van der Waals surface area contributed by atoms with Gasteiger partial charge in [-0.3, -0.25) is 4.79 Å². The van der Waals surface area contributed by atoms with E-state index < -0.39 is 0 Å². The SMILES string of the molecule is Cc1cc(N2CCN(C(=O)c3cccc(Br)c3)CC2)nc2ccccc12. The highest BCUT2D eigenvalue weighted by molar-refractivity contribution is 9.10. The van der Waals surface area contributed by atoms with E-state index in [1.807, 2.05) is 41.3 Å². The third kappa shape index (κ3) is 3.31. The van der Waals surface area contributed by atoms with Crippen LogP contribution in [-0.4, -0.2) is 42.0 Å². The molecular weight excluding hydrogens is 390 g/mol. The maximum absolute atomic E-state index is 12.7. The van der Waals surface area contributed by atoms with Gasteiger partial charge in [0.2, 0.25) is 0 Å². The maximum Gasteiger partial charge on any atom is 0.254 e. The van der Waals surface area contributed by atoms with Crippen LogP contribution >= 0.6 is 15.9 Å². The highest BCUT2D eigenvalue weighted by atomic mass is 79.9. The van der Waals surface area contributed by atoms with Gasteiger partial charge in [0.15, 0.2) is 0 Å². The van der Waals surface area contributed by atoms with Crippen molar-refractivity contribution < 1.29 is 4.79 Å². The summed E-state index contributed by atoms with van der Waals surface area (Å²) >= 11 is 3.43. The number of anilines is 1. The predicted molar refractivity (Wildman–Crippen MR) is 109 cm³/mol. The summed E-state index contributed by atoms with van der Waals surface area (Å²) in [5, 5.41) is 1.19. The Hall–Kier alpha value is -2.40. The topological polar surface area (TPSA) is 36.4 Å². The van der Waals surface area contributed by atoms with Crippen LogP contribution in [0, 0.1) is 6.92 Å². The summed E-state index contributed by atoms with van der Waals surface area (Å²) < 4.78 is 0.929. The fourth-order valence-corrected chi connectivity index (χ4v) is 3.84. The highest BCUT2D eigenvalue weighted by Gasteiger charge is 2.23. The summed E-state index contributed by atoms with van der Waals surface area (Å²) in [6, 6.07) is 18.0. The van der Waals surface area contributed by atoms with E-state index >= 15 is 0 Å². The number of rotatable bonds is 2. The van der Waals surface area contributed by atoms with Crippen LogP contribution < -0.4 is 4.90 Å². The fraction of sp³-hybridized carbons (Fsp3) is 0.238. The number of amides is 1. The van der Waals surface area contributed by atoms with Crippen LogP contribution in [-0.2, 0) is 0 Å². The van der Waals surface area contributed by atoms with Crippen molar-refractivity contribution in [2.75, 3.05) is 31.1 Å². The lowest BCUT2D eigenvalue weighted by Crippen LogP contribution is -2.49. The van der Waals surface area contributed by atoms with E-state index in [-0.39, 0.29) is 5.91 Å². The van der Waals surface area contributed by atoms with Crippen LogP contribution in [0.2, 0.25) is 0 Å². The molecule has 26 heavy (non-hydrogen) atoms. The molecule has 1 aromatic heterocycles. The lowest BCUT2D eigenvalue weighted by Gasteiger charge is -2.35. The minimum absolute atomic E-state index is 0.0913. The number of pyridine rings is 1. The smallest absolute Gasteiger partial charge is 0.254 e. The van der Waals surface area contributed by atoms with Crippen molar-refractivity contribution in [2.45, 2.75) is 6.92 Å². The molecule has 0 spiro atoms. The van der Waals surface area contributed by atoms with E-state index in [4.69, 9.17) is 4.98 Å². The first kappa shape index (κ1) is 17.0. The normalized spacial score (nSPS) is 14.7. The Morgan fingerprint density at radius 2 is 1.77 bits per heavy atom. The van der Waals surface area contributed by atoms with Crippen LogP contribution in [0.15, 0.2) is 59.1 Å². The van der Waals surface area contributed by atoms with Gasteiger partial charge in [-0.25, -0.2) is 4.98 Å². The third-order valence-electron chi connectivity index (χ3n) is 4.87. The van der Waals surface area contributed by atoms with Crippen LogP contribution in [0.3, 0.4) is 0 Å². The minimum Gasteiger partial charge on any atom is -0.353 e. The molecule has 1 fully saturated rings. The molecule has 132 valence electrons. The number of carbonyl (C=O) groups excluding carboxylic acids is 1. The zero-order valence-electron chi connectivity index (χ0n) is 14.7. The molecule has 0 radical (unpaired) electrons. The molecule has 0 saturated carbocycles. The molecule has 0 N–H and O–H groups in total. The average molecular weight is 410 g/mol. The van der Waals surface area contributed by atoms with Crippen molar-refractivity contribution >= 4 is 38.6 Å². The molecule has 0 atom stereocenters. The number of halogens is 1. The number of para-hydroxylation sites is 1. The second-order valence-electron chi connectivity index (χ2n) is 6.60. The fourth-order valence-electron chi connectivity index (χ4n) is 3.44. The molecule has 0 bridgehead atoms. The van der Waals surface area contributed by atoms with Crippen LogP contribution in [0.4, 0.5) is 5.82 Å². The first-order chi connectivity index (χ1) is 12.6. The molecule has 1 aliphatic rings. The molecule has 4 nitrogen and oxygen atoms in total. The molecule has 5 heteroatoms. The summed E-state index contributed by atoms with van der Waals surface area (Å²) in [5.41, 5.74) is 2.99. The van der Waals surface area contributed by atoms with Gasteiger partial charge in [-0.15, -0.1) is 0 Å². The zero-order chi connectivity index (χ0) is 18.1. The number of aryl methyl sites for hydroxylation is 1. The average Bonchev–Trinajstić information content (AvgIpc) is 2.67. The number of fused-ring (bicyclic) bond motifs is 1. The molecule has 1 aliphatic heterocycles. The van der Waals surface area contributed by atoms with Gasteiger partial charge in [0, 0.05) is 41.6 Å². The lowest BCUT2D eigenvalue weighted by molar-refractivity contribution is 0.0746. The van der Waals surface area contributed by atoms with Crippen molar-refractivity contribution in [3.05, 3.63) is 70.2 Å². The predicted octanol–water partition coefficient (Wildman–Crippen LogP) is 4.27. The van der Waals surface area contributed by atoms with Gasteiger partial charge in [0.05, 0.1) is 5.52 Å². The molecule has 2 heterocycles. The highest BCUT2D eigenvalue weighted by Crippen LogP contribution is 2.23. The lowest BCUT2D eigenvalue weighted by atomic mass is 10.1. The molecular formula is C21H20BrN3O. The molecule has 4 rings (SSSR count). The van der Waals surface area contributed by atoms with E-state index in [0.29, 0.717) is 13.1 Å². The van der Waals surface area contributed by atoms with Gasteiger partial charge >= 0.3 is 0 Å². The van der Waals surface area contributed by atoms with Gasteiger partial charge in [0.25, 0.3) is 5.91 Å². The van der Waals surface area contributed by atoms with Gasteiger partial charge in [0.1, 0.15) is 5.82 Å². The van der Waals surface area contributed by atoms with E-state index in [2.05, 4.69) is 46.0 Å². The number of carbonyl (C=O) groups is 1. The number of hydrogen-bond donors (Lipinski definition) is 0. The molecule has 0 unspecified atom stereocenters. The summed E-state index contributed by atoms with van der Waals surface area (Å²) in [6.07, 6.45) is 0. The van der Waals surface area contributed by atoms with E-state index in [1.54, 1.807) is 0 Å². The van der Waals surface area contributed by atoms with Gasteiger partial charge in [-0.1, -0.05) is 40.2 Å². The summed E-state index contributed by atoms with van der Waals surface area (Å²) in [5.74, 6) is 1.09. The largest absolute Gasteiger partial charge is 0.353 e. The van der Waals surface area contributed by atoms with Gasteiger partial charge in [-0.2, -0.15) is 0 Å². The van der Waals surface area contributed by atoms with Crippen molar-refractivity contribution in [1.29, 1.82) is 0 Å². The second-order valence-corrected chi connectivity index (χ2v) is 7.52. The van der Waals surface area contributed by atoms with Crippen molar-refractivity contribution in [1.82, 2.24) is 9.88 Å². The van der Waals surface area contributed by atoms with Crippen molar-refractivity contribution in [2.24, 2.45) is 0 Å². The van der Waals surface area contributed by atoms with E-state index in [1.165, 1.54) is 10.9 Å². The number of piperazine rings is 1. The second kappa shape index (κ2) is 7.08. The van der Waals surface area contributed by atoms with Crippen molar-refractivity contribution in [3.8, 4) is 0 Å². The van der Waals surface area contributed by atoms with Crippen LogP contribution in [0.1, 0.15) is 15.9 Å². The summed E-state index contributed by atoms with van der Waals surface area (Å²) in [7, 11) is 0. The quantitative estimate of drug-likeness (QED) is 0.633. The number of aromatic nitrogens is 1. The molecule has 3 aromatic rings. The zero-order valence-corrected chi connectivity index (χ0v) is 16.2. The van der Waals surface area contributed by atoms with Crippen molar-refractivity contribution in [3.63, 3.8) is 0 Å². The Morgan fingerprint density at radius 3 is 2.54 bits per heavy atom. The number of benzene rings is 2. The van der Waals surface area contributed by atoms with Gasteiger partial charge in [-0.05, 0) is 42.8 Å². The Morgan fingerprint density at radius 1 is 1.00 bits per heavy atom. The Balaban J connectivity index is 1.49. The third-order valence-corrected chi connectivity index (χ3v) is 5.37. The van der Waals surface area contributed by atoms with E-state index in [9.17, 15) is 4.79 Å². The molecule has 1 saturated heterocycles. The van der Waals surface area contributed by atoms with Gasteiger partial charge < -0.3 is 9.80 Å².